The molecule has 1 atom stereocenters. The molecule has 0 spiro atoms. The zero-order chi connectivity index (χ0) is 31.2. The first-order valence-corrected chi connectivity index (χ1v) is 15.9. The second-order valence-corrected chi connectivity index (χ2v) is 14.4. The number of nitrogens with zero attached hydrogens (tertiary/aromatic N) is 6. The number of hydrogen-bond acceptors (Lipinski definition) is 8. The van der Waals surface area contributed by atoms with Crippen LogP contribution in [0.3, 0.4) is 0 Å². The van der Waals surface area contributed by atoms with Crippen LogP contribution in [-0.4, -0.2) is 108 Å². The van der Waals surface area contributed by atoms with Crippen LogP contribution in [-0.2, 0) is 39.8 Å². The van der Waals surface area contributed by atoms with E-state index in [0.717, 1.165) is 61.8 Å². The summed E-state index contributed by atoms with van der Waals surface area (Å²) in [7, 11) is 2.00. The predicted octanol–water partition coefficient (Wildman–Crippen LogP) is 4.68. The molecule has 9 heteroatoms. The lowest BCUT2D eigenvalue weighted by atomic mass is 9.90. The average Bonchev–Trinajstić information content (AvgIpc) is 2.96. The van der Waals surface area contributed by atoms with E-state index in [1.165, 1.54) is 5.56 Å². The molecule has 238 valence electrons. The SMILES string of the molecule is C[C@@H](COCN(C)CCOC(=O)N1CCc2nc(C(C)(C)C)ccc2C1)N1CCN(Cc2ccc(C(C)(C)C)nc2)CC1. The van der Waals surface area contributed by atoms with Gasteiger partial charge in [0.15, 0.2) is 0 Å². The van der Waals surface area contributed by atoms with Crippen LogP contribution in [0.15, 0.2) is 30.5 Å². The Bertz CT molecular complexity index is 1180. The Morgan fingerprint density at radius 2 is 1.67 bits per heavy atom. The second-order valence-electron chi connectivity index (χ2n) is 14.4. The van der Waals surface area contributed by atoms with Gasteiger partial charge in [-0.1, -0.05) is 53.7 Å². The van der Waals surface area contributed by atoms with Gasteiger partial charge in [-0.15, -0.1) is 0 Å². The summed E-state index contributed by atoms with van der Waals surface area (Å²) in [5.41, 5.74) is 5.83. The Labute approximate surface area is 259 Å². The Morgan fingerprint density at radius 3 is 2.33 bits per heavy atom. The topological polar surface area (TPSA) is 74.3 Å². The first kappa shape index (κ1) is 33.3. The molecule has 0 saturated carbocycles. The van der Waals surface area contributed by atoms with E-state index in [9.17, 15) is 4.79 Å². The summed E-state index contributed by atoms with van der Waals surface area (Å²) >= 11 is 0. The summed E-state index contributed by atoms with van der Waals surface area (Å²) in [6.45, 7) is 23.8. The standard InChI is InChI=1S/C34H54N6O3/c1-26(39-17-15-38(16-18-39)22-27-9-11-30(35-21-27)33(2,3)4)24-42-25-37(8)19-20-43-32(41)40-14-13-29-28(23-40)10-12-31(36-29)34(5,6)7/h9-12,21,26H,13-20,22-25H2,1-8H3/t26-/m0/s1. The molecule has 0 radical (unpaired) electrons. The van der Waals surface area contributed by atoms with Gasteiger partial charge in [0.05, 0.1) is 19.9 Å². The van der Waals surface area contributed by atoms with Crippen molar-refractivity contribution in [1.29, 1.82) is 0 Å². The van der Waals surface area contributed by atoms with E-state index in [4.69, 9.17) is 14.5 Å². The van der Waals surface area contributed by atoms with Gasteiger partial charge in [0.25, 0.3) is 0 Å². The molecule has 0 aromatic carbocycles. The number of carbonyl (C=O) groups excluding carboxylic acids is 1. The largest absolute Gasteiger partial charge is 0.448 e. The zero-order valence-electron chi connectivity index (χ0n) is 27.9. The fourth-order valence-corrected chi connectivity index (χ4v) is 5.50. The molecule has 2 aliphatic heterocycles. The summed E-state index contributed by atoms with van der Waals surface area (Å²) in [5.74, 6) is 0. The van der Waals surface area contributed by atoms with Crippen LogP contribution in [0.2, 0.25) is 0 Å². The molecular weight excluding hydrogens is 540 g/mol. The van der Waals surface area contributed by atoms with E-state index in [1.54, 1.807) is 4.90 Å². The molecule has 0 aliphatic carbocycles. The van der Waals surface area contributed by atoms with Crippen molar-refractivity contribution < 1.29 is 14.3 Å². The van der Waals surface area contributed by atoms with E-state index >= 15 is 0 Å². The van der Waals surface area contributed by atoms with Gasteiger partial charge in [0.1, 0.15) is 6.61 Å². The van der Waals surface area contributed by atoms with E-state index in [2.05, 4.69) is 92.4 Å². The Hall–Kier alpha value is -2.59. The third kappa shape index (κ3) is 9.70. The number of pyridine rings is 2. The smallest absolute Gasteiger partial charge is 0.410 e. The molecule has 1 saturated heterocycles. The predicted molar refractivity (Wildman–Crippen MR) is 171 cm³/mol. The minimum atomic E-state index is -0.259. The van der Waals surface area contributed by atoms with Gasteiger partial charge in [0.2, 0.25) is 0 Å². The summed E-state index contributed by atoms with van der Waals surface area (Å²) in [5, 5.41) is 0. The fourth-order valence-electron chi connectivity index (χ4n) is 5.50. The van der Waals surface area contributed by atoms with Crippen molar-refractivity contribution in [1.82, 2.24) is 29.6 Å². The van der Waals surface area contributed by atoms with Crippen molar-refractivity contribution in [3.63, 3.8) is 0 Å². The maximum Gasteiger partial charge on any atom is 0.410 e. The molecule has 1 amide bonds. The summed E-state index contributed by atoms with van der Waals surface area (Å²) < 4.78 is 11.6. The summed E-state index contributed by atoms with van der Waals surface area (Å²) in [6, 6.07) is 8.94. The molecule has 0 bridgehead atoms. The highest BCUT2D eigenvalue weighted by Crippen LogP contribution is 2.25. The van der Waals surface area contributed by atoms with Crippen molar-refractivity contribution in [3.8, 4) is 0 Å². The average molecular weight is 595 g/mol. The highest BCUT2D eigenvalue weighted by Gasteiger charge is 2.25. The van der Waals surface area contributed by atoms with Crippen molar-refractivity contribution in [2.24, 2.45) is 0 Å². The lowest BCUT2D eigenvalue weighted by molar-refractivity contribution is -0.00815. The molecule has 2 aromatic heterocycles. The number of likely N-dealkylation sites (N-methyl/N-ethyl adjacent to an activating group) is 1. The maximum atomic E-state index is 12.7. The number of piperazine rings is 1. The van der Waals surface area contributed by atoms with Gasteiger partial charge in [0, 0.05) is 92.4 Å². The first-order chi connectivity index (χ1) is 20.3. The molecular formula is C34H54N6O3. The maximum absolute atomic E-state index is 12.7. The highest BCUT2D eigenvalue weighted by molar-refractivity contribution is 5.68. The van der Waals surface area contributed by atoms with Crippen LogP contribution in [0.1, 0.15) is 76.7 Å². The fraction of sp³-hybridized carbons (Fsp3) is 0.676. The van der Waals surface area contributed by atoms with E-state index < -0.39 is 0 Å². The summed E-state index contributed by atoms with van der Waals surface area (Å²) in [4.78, 5) is 31.1. The third-order valence-electron chi connectivity index (χ3n) is 8.47. The zero-order valence-corrected chi connectivity index (χ0v) is 27.9. The number of fused-ring (bicyclic) bond motifs is 1. The molecule has 43 heavy (non-hydrogen) atoms. The quantitative estimate of drug-likeness (QED) is 0.367. The van der Waals surface area contributed by atoms with E-state index in [0.29, 0.717) is 45.6 Å². The molecule has 0 unspecified atom stereocenters. The minimum absolute atomic E-state index is 0.0205. The van der Waals surface area contributed by atoms with Crippen LogP contribution >= 0.6 is 0 Å². The van der Waals surface area contributed by atoms with Crippen LogP contribution < -0.4 is 0 Å². The Balaban J connectivity index is 1.08. The summed E-state index contributed by atoms with van der Waals surface area (Å²) in [6.07, 6.45) is 2.54. The number of ether oxygens (including phenoxy) is 2. The van der Waals surface area contributed by atoms with Crippen molar-refractivity contribution in [2.75, 3.05) is 66.3 Å². The van der Waals surface area contributed by atoms with Crippen LogP contribution in [0.25, 0.3) is 0 Å². The van der Waals surface area contributed by atoms with Crippen molar-refractivity contribution in [3.05, 3.63) is 58.7 Å². The minimum Gasteiger partial charge on any atom is -0.448 e. The van der Waals surface area contributed by atoms with Crippen LogP contribution in [0.5, 0.6) is 0 Å². The number of hydrogen-bond donors (Lipinski definition) is 0. The number of aromatic nitrogens is 2. The number of carbonyl (C=O) groups is 1. The molecule has 4 rings (SSSR count). The lowest BCUT2D eigenvalue weighted by Gasteiger charge is -2.38. The molecule has 9 nitrogen and oxygen atoms in total. The Morgan fingerprint density at radius 1 is 0.977 bits per heavy atom. The van der Waals surface area contributed by atoms with Gasteiger partial charge in [-0.05, 0) is 37.2 Å². The van der Waals surface area contributed by atoms with Gasteiger partial charge < -0.3 is 14.4 Å². The molecule has 0 N–H and O–H groups in total. The molecule has 2 aliphatic rings. The normalized spacial score (nSPS) is 17.7. The molecule has 1 fully saturated rings. The molecule has 4 heterocycles. The number of rotatable bonds is 10. The van der Waals surface area contributed by atoms with E-state index in [-0.39, 0.29) is 16.9 Å². The number of amides is 1. The first-order valence-electron chi connectivity index (χ1n) is 15.9. The third-order valence-corrected chi connectivity index (χ3v) is 8.47. The van der Waals surface area contributed by atoms with Crippen LogP contribution in [0.4, 0.5) is 4.79 Å². The van der Waals surface area contributed by atoms with Crippen molar-refractivity contribution >= 4 is 6.09 Å². The van der Waals surface area contributed by atoms with Gasteiger partial charge in [-0.2, -0.15) is 0 Å². The highest BCUT2D eigenvalue weighted by atomic mass is 16.6. The van der Waals surface area contributed by atoms with Gasteiger partial charge in [-0.3, -0.25) is 24.7 Å². The van der Waals surface area contributed by atoms with Gasteiger partial charge >= 0.3 is 6.09 Å². The second kappa shape index (κ2) is 14.5. The lowest BCUT2D eigenvalue weighted by Crippen LogP contribution is -2.50. The van der Waals surface area contributed by atoms with Crippen LogP contribution in [0, 0.1) is 0 Å². The molecule has 2 aromatic rings. The monoisotopic (exact) mass is 594 g/mol. The Kier molecular flexibility index (Phi) is 11.2. The van der Waals surface area contributed by atoms with Gasteiger partial charge in [-0.25, -0.2) is 4.79 Å². The van der Waals surface area contributed by atoms with Crippen molar-refractivity contribution in [2.45, 2.75) is 84.8 Å². The van der Waals surface area contributed by atoms with E-state index in [1.807, 2.05) is 13.2 Å².